The lowest BCUT2D eigenvalue weighted by molar-refractivity contribution is 0.0784. The van der Waals surface area contributed by atoms with Gasteiger partial charge in [0.15, 0.2) is 0 Å². The van der Waals surface area contributed by atoms with Crippen LogP contribution in [0, 0.1) is 13.8 Å². The summed E-state index contributed by atoms with van der Waals surface area (Å²) in [4.78, 5) is 31.6. The first-order valence-corrected chi connectivity index (χ1v) is 13.3. The number of nitrogens with zero attached hydrogens (tertiary/aromatic N) is 2. The van der Waals surface area contributed by atoms with Crippen LogP contribution in [0.1, 0.15) is 43.0 Å². The van der Waals surface area contributed by atoms with Crippen molar-refractivity contribution in [3.8, 4) is 0 Å². The topological polar surface area (TPSA) is 57.7 Å². The molecule has 5 nitrogen and oxygen atoms in total. The molecule has 6 heteroatoms. The number of amides is 2. The Morgan fingerprint density at radius 1 is 0.865 bits per heavy atom. The van der Waals surface area contributed by atoms with E-state index in [-0.39, 0.29) is 11.8 Å². The lowest BCUT2D eigenvalue weighted by Crippen LogP contribution is -2.31. The van der Waals surface area contributed by atoms with Crippen molar-refractivity contribution in [3.05, 3.63) is 124 Å². The maximum Gasteiger partial charge on any atom is 0.259 e. The molecule has 0 fully saturated rings. The number of rotatable bonds is 5. The van der Waals surface area contributed by atoms with Crippen LogP contribution >= 0.6 is 0 Å². The van der Waals surface area contributed by atoms with Crippen molar-refractivity contribution in [3.63, 3.8) is 0 Å². The van der Waals surface area contributed by atoms with Crippen molar-refractivity contribution in [1.29, 1.82) is 0 Å². The van der Waals surface area contributed by atoms with Gasteiger partial charge in [-0.2, -0.15) is 0 Å². The molecule has 0 bridgehead atoms. The van der Waals surface area contributed by atoms with Crippen LogP contribution in [0.3, 0.4) is 0 Å². The minimum Gasteiger partial charge on any atom is -0.337 e. The summed E-state index contributed by atoms with van der Waals surface area (Å²) in [7, 11) is 0.190. The SMILES string of the molecule is Cc1ccc(C)c(CN2C(=O)c3ccccc3[S@@](=O)c3ccc(C(=O)N(C)Cc4ccccc4)cc32)c1. The predicted molar refractivity (Wildman–Crippen MR) is 146 cm³/mol. The maximum atomic E-state index is 13.9. The first-order valence-electron chi connectivity index (χ1n) is 12.2. The largest absolute Gasteiger partial charge is 0.337 e. The summed E-state index contributed by atoms with van der Waals surface area (Å²) in [6.45, 7) is 4.80. The van der Waals surface area contributed by atoms with E-state index in [1.807, 2.05) is 56.3 Å². The fourth-order valence-corrected chi connectivity index (χ4v) is 5.99. The number of benzene rings is 4. The van der Waals surface area contributed by atoms with Crippen LogP contribution in [-0.2, 0) is 23.9 Å². The Balaban J connectivity index is 1.59. The van der Waals surface area contributed by atoms with E-state index < -0.39 is 10.8 Å². The van der Waals surface area contributed by atoms with E-state index in [0.29, 0.717) is 39.7 Å². The molecule has 4 aromatic rings. The third-order valence-electron chi connectivity index (χ3n) is 6.70. The van der Waals surface area contributed by atoms with E-state index in [2.05, 4.69) is 6.07 Å². The Kier molecular flexibility index (Phi) is 6.76. The molecule has 186 valence electrons. The highest BCUT2D eigenvalue weighted by Gasteiger charge is 2.32. The molecule has 0 unspecified atom stereocenters. The molecule has 0 N–H and O–H groups in total. The molecule has 0 saturated heterocycles. The molecule has 0 aliphatic carbocycles. The van der Waals surface area contributed by atoms with Crippen LogP contribution in [0.25, 0.3) is 0 Å². The van der Waals surface area contributed by atoms with Crippen LogP contribution in [0.15, 0.2) is 101 Å². The Hall–Kier alpha value is -4.03. The van der Waals surface area contributed by atoms with Crippen molar-refractivity contribution in [2.75, 3.05) is 11.9 Å². The normalized spacial score (nSPS) is 14.5. The van der Waals surface area contributed by atoms with E-state index in [0.717, 1.165) is 22.3 Å². The van der Waals surface area contributed by atoms with Gasteiger partial charge in [-0.3, -0.25) is 9.59 Å². The van der Waals surface area contributed by atoms with Crippen molar-refractivity contribution < 1.29 is 13.8 Å². The van der Waals surface area contributed by atoms with Gasteiger partial charge in [0.05, 0.1) is 38.4 Å². The smallest absolute Gasteiger partial charge is 0.259 e. The van der Waals surface area contributed by atoms with E-state index in [9.17, 15) is 13.8 Å². The second-order valence-electron chi connectivity index (χ2n) is 9.42. The van der Waals surface area contributed by atoms with Gasteiger partial charge in [-0.05, 0) is 60.9 Å². The molecule has 2 amide bonds. The van der Waals surface area contributed by atoms with Gasteiger partial charge in [0.25, 0.3) is 11.8 Å². The van der Waals surface area contributed by atoms with Crippen LogP contribution in [0.5, 0.6) is 0 Å². The van der Waals surface area contributed by atoms with Crippen molar-refractivity contribution >= 4 is 28.3 Å². The van der Waals surface area contributed by atoms with Gasteiger partial charge in [-0.25, -0.2) is 4.21 Å². The molecule has 0 saturated carbocycles. The first kappa shape index (κ1) is 24.7. The molecule has 0 radical (unpaired) electrons. The standard InChI is InChI=1S/C31H28N2O3S/c1-21-13-14-22(2)25(17-21)20-33-27-18-24(30(34)32(3)19-23-9-5-4-6-10-23)15-16-29(27)37(36)28-12-8-7-11-26(28)31(33)35/h4-18H,19-20H2,1-3H3/t37-/m1/s1. The van der Waals surface area contributed by atoms with Crippen LogP contribution in [0.2, 0.25) is 0 Å². The average molecular weight is 509 g/mol. The lowest BCUT2D eigenvalue weighted by atomic mass is 10.0. The van der Waals surface area contributed by atoms with Crippen molar-refractivity contribution in [1.82, 2.24) is 4.90 Å². The van der Waals surface area contributed by atoms with Crippen LogP contribution < -0.4 is 4.90 Å². The molecule has 0 spiro atoms. The Labute approximate surface area is 219 Å². The Morgan fingerprint density at radius 2 is 1.59 bits per heavy atom. The molecule has 4 aromatic carbocycles. The highest BCUT2D eigenvalue weighted by Crippen LogP contribution is 2.36. The molecule has 1 heterocycles. The van der Waals surface area contributed by atoms with Gasteiger partial charge in [0.2, 0.25) is 0 Å². The summed E-state index contributed by atoms with van der Waals surface area (Å²) in [6.07, 6.45) is 0. The highest BCUT2D eigenvalue weighted by atomic mass is 32.2. The zero-order chi connectivity index (χ0) is 26.1. The third kappa shape index (κ3) is 4.85. The number of carbonyl (C=O) groups excluding carboxylic acids is 2. The summed E-state index contributed by atoms with van der Waals surface area (Å²) in [6, 6.07) is 28.1. The molecular weight excluding hydrogens is 480 g/mol. The second-order valence-corrected chi connectivity index (χ2v) is 10.8. The number of hydrogen-bond acceptors (Lipinski definition) is 3. The summed E-state index contributed by atoms with van der Waals surface area (Å²) in [5.41, 5.74) is 5.54. The number of fused-ring (bicyclic) bond motifs is 2. The highest BCUT2D eigenvalue weighted by molar-refractivity contribution is 7.85. The second kappa shape index (κ2) is 10.1. The van der Waals surface area contributed by atoms with Gasteiger partial charge >= 0.3 is 0 Å². The Morgan fingerprint density at radius 3 is 2.38 bits per heavy atom. The first-order chi connectivity index (χ1) is 17.8. The summed E-state index contributed by atoms with van der Waals surface area (Å²) >= 11 is 0. The van der Waals surface area contributed by atoms with Crippen molar-refractivity contribution in [2.24, 2.45) is 0 Å². The number of aryl methyl sites for hydroxylation is 2. The van der Waals surface area contributed by atoms with Crippen LogP contribution in [-0.4, -0.2) is 28.0 Å². The Bertz CT molecular complexity index is 1530. The number of hydrogen-bond donors (Lipinski definition) is 0. The monoisotopic (exact) mass is 508 g/mol. The number of carbonyl (C=O) groups is 2. The third-order valence-corrected chi connectivity index (χ3v) is 8.20. The average Bonchev–Trinajstić information content (AvgIpc) is 3.00. The molecule has 37 heavy (non-hydrogen) atoms. The maximum absolute atomic E-state index is 13.9. The zero-order valence-corrected chi connectivity index (χ0v) is 21.9. The lowest BCUT2D eigenvalue weighted by Gasteiger charge is -2.25. The molecule has 1 atom stereocenters. The minimum atomic E-state index is -1.57. The summed E-state index contributed by atoms with van der Waals surface area (Å²) in [5, 5.41) is 0. The molecule has 1 aliphatic rings. The molecule has 0 aromatic heterocycles. The molecule has 5 rings (SSSR count). The van der Waals surface area contributed by atoms with Gasteiger partial charge < -0.3 is 9.80 Å². The van der Waals surface area contributed by atoms with Crippen molar-refractivity contribution in [2.45, 2.75) is 36.7 Å². The minimum absolute atomic E-state index is 0.168. The fourth-order valence-electron chi connectivity index (χ4n) is 4.64. The fraction of sp³-hybridized carbons (Fsp3) is 0.161. The zero-order valence-electron chi connectivity index (χ0n) is 21.1. The van der Waals surface area contributed by atoms with Crippen LogP contribution in [0.4, 0.5) is 5.69 Å². The van der Waals surface area contributed by atoms with Gasteiger partial charge in [0.1, 0.15) is 0 Å². The van der Waals surface area contributed by atoms with E-state index in [4.69, 9.17) is 0 Å². The van der Waals surface area contributed by atoms with Gasteiger partial charge in [-0.1, -0.05) is 66.2 Å². The van der Waals surface area contributed by atoms with E-state index in [1.165, 1.54) is 0 Å². The summed E-state index contributed by atoms with van der Waals surface area (Å²) < 4.78 is 13.7. The molecule has 1 aliphatic heterocycles. The predicted octanol–water partition coefficient (Wildman–Crippen LogP) is 5.90. The van der Waals surface area contributed by atoms with Gasteiger partial charge in [0, 0.05) is 19.2 Å². The molecular formula is C31H28N2O3S. The van der Waals surface area contributed by atoms with E-state index in [1.54, 1.807) is 59.3 Å². The number of anilines is 1. The van der Waals surface area contributed by atoms with Gasteiger partial charge in [-0.15, -0.1) is 0 Å². The summed E-state index contributed by atoms with van der Waals surface area (Å²) in [5.74, 6) is -0.399. The van der Waals surface area contributed by atoms with E-state index >= 15 is 0 Å². The quantitative estimate of drug-likeness (QED) is 0.337.